The third-order valence-electron chi connectivity index (χ3n) is 3.31. The van der Waals surface area contributed by atoms with E-state index in [2.05, 4.69) is 9.71 Å². The highest BCUT2D eigenvalue weighted by atomic mass is 35.5. The highest BCUT2D eigenvalue weighted by molar-refractivity contribution is 7.92. The molecule has 0 aliphatic heterocycles. The summed E-state index contributed by atoms with van der Waals surface area (Å²) in [6.45, 7) is 0. The number of hydrogen-bond donors (Lipinski definition) is 2. The molecule has 0 atom stereocenters. The number of nitrogens with two attached hydrogens (primary N) is 1. The Labute approximate surface area is 160 Å². The van der Waals surface area contributed by atoms with Crippen LogP contribution >= 0.6 is 23.2 Å². The van der Waals surface area contributed by atoms with Crippen molar-refractivity contribution in [3.05, 3.63) is 70.8 Å². The molecule has 9 heteroatoms. The summed E-state index contributed by atoms with van der Waals surface area (Å²) in [5, 5.41) is 0.769. The number of para-hydroxylation sites is 2. The van der Waals surface area contributed by atoms with Gasteiger partial charge in [0.25, 0.3) is 10.0 Å². The van der Waals surface area contributed by atoms with Crippen molar-refractivity contribution >= 4 is 44.7 Å². The molecule has 0 aliphatic rings. The van der Waals surface area contributed by atoms with E-state index >= 15 is 0 Å². The van der Waals surface area contributed by atoms with Crippen LogP contribution in [0, 0.1) is 0 Å². The predicted octanol–water partition coefficient (Wildman–Crippen LogP) is 4.56. The fraction of sp³-hybridized carbons (Fsp3) is 0. The van der Waals surface area contributed by atoms with Gasteiger partial charge in [0.15, 0.2) is 5.75 Å². The second-order valence-electron chi connectivity index (χ2n) is 5.20. The minimum atomic E-state index is -3.86. The van der Waals surface area contributed by atoms with E-state index in [9.17, 15) is 8.42 Å². The molecule has 2 aromatic carbocycles. The zero-order chi connectivity index (χ0) is 18.7. The number of ether oxygens (including phenoxy) is 1. The minimum Gasteiger partial charge on any atom is -0.454 e. The first-order chi connectivity index (χ1) is 12.3. The molecule has 0 aliphatic carbocycles. The number of nitrogen functional groups attached to an aromatic ring is 1. The van der Waals surface area contributed by atoms with Gasteiger partial charge in [0, 0.05) is 11.2 Å². The summed E-state index contributed by atoms with van der Waals surface area (Å²) >= 11 is 12.0. The molecular formula is C17H13Cl2N3O3S. The van der Waals surface area contributed by atoms with Gasteiger partial charge in [-0.1, -0.05) is 35.3 Å². The summed E-state index contributed by atoms with van der Waals surface area (Å²) < 4.78 is 33.3. The smallest absolute Gasteiger partial charge is 0.263 e. The molecule has 6 nitrogen and oxygen atoms in total. The van der Waals surface area contributed by atoms with Crippen molar-refractivity contribution in [2.45, 2.75) is 4.90 Å². The van der Waals surface area contributed by atoms with E-state index in [0.29, 0.717) is 15.8 Å². The van der Waals surface area contributed by atoms with Crippen molar-refractivity contribution in [3.8, 4) is 11.5 Å². The number of rotatable bonds is 5. The second kappa shape index (κ2) is 7.41. The Morgan fingerprint density at radius 2 is 1.77 bits per heavy atom. The van der Waals surface area contributed by atoms with Gasteiger partial charge in [-0.25, -0.2) is 13.4 Å². The monoisotopic (exact) mass is 409 g/mol. The molecular weight excluding hydrogens is 397 g/mol. The largest absolute Gasteiger partial charge is 0.454 e. The Morgan fingerprint density at radius 3 is 2.46 bits per heavy atom. The highest BCUT2D eigenvalue weighted by Crippen LogP contribution is 2.35. The lowest BCUT2D eigenvalue weighted by Gasteiger charge is -2.14. The van der Waals surface area contributed by atoms with Crippen LogP contribution in [0.25, 0.3) is 0 Å². The summed E-state index contributed by atoms with van der Waals surface area (Å²) in [5.41, 5.74) is 5.73. The molecule has 0 saturated carbocycles. The first kappa shape index (κ1) is 18.3. The van der Waals surface area contributed by atoms with Crippen LogP contribution in [0.4, 0.5) is 11.5 Å². The fourth-order valence-corrected chi connectivity index (χ4v) is 3.53. The maximum Gasteiger partial charge on any atom is 0.263 e. The van der Waals surface area contributed by atoms with Gasteiger partial charge in [-0.15, -0.1) is 0 Å². The Bertz CT molecular complexity index is 1040. The maximum absolute atomic E-state index is 12.5. The number of sulfonamides is 1. The molecule has 1 heterocycles. The van der Waals surface area contributed by atoms with Gasteiger partial charge in [-0.3, -0.25) is 4.72 Å². The summed E-state index contributed by atoms with van der Waals surface area (Å²) in [5.74, 6) is 0.852. The average molecular weight is 410 g/mol. The van der Waals surface area contributed by atoms with Crippen molar-refractivity contribution in [1.82, 2.24) is 4.98 Å². The van der Waals surface area contributed by atoms with Crippen LogP contribution in [0.15, 0.2) is 65.7 Å². The predicted molar refractivity (Wildman–Crippen MR) is 102 cm³/mol. The number of nitrogens with zero attached hydrogens (tertiary/aromatic N) is 1. The summed E-state index contributed by atoms with van der Waals surface area (Å²) in [7, 11) is -3.86. The zero-order valence-corrected chi connectivity index (χ0v) is 15.5. The number of anilines is 2. The zero-order valence-electron chi connectivity index (χ0n) is 13.2. The van der Waals surface area contributed by atoms with E-state index in [1.807, 2.05) is 0 Å². The molecule has 0 spiro atoms. The molecule has 0 saturated heterocycles. The molecule has 3 N–H and O–H groups in total. The molecule has 134 valence electrons. The SMILES string of the molecule is Nc1ccc(S(=O)(=O)Nc2ccccc2Oc2ccc(Cl)cc2Cl)cn1. The van der Waals surface area contributed by atoms with Crippen LogP contribution in [0.1, 0.15) is 0 Å². The van der Waals surface area contributed by atoms with Crippen molar-refractivity contribution in [2.75, 3.05) is 10.5 Å². The van der Waals surface area contributed by atoms with Gasteiger partial charge in [-0.05, 0) is 42.5 Å². The molecule has 3 aromatic rings. The van der Waals surface area contributed by atoms with Gasteiger partial charge in [0.05, 0.1) is 10.7 Å². The van der Waals surface area contributed by atoms with E-state index in [1.165, 1.54) is 24.4 Å². The van der Waals surface area contributed by atoms with Crippen LogP contribution in [0.2, 0.25) is 10.0 Å². The highest BCUT2D eigenvalue weighted by Gasteiger charge is 2.17. The van der Waals surface area contributed by atoms with E-state index in [0.717, 1.165) is 0 Å². The Morgan fingerprint density at radius 1 is 1.00 bits per heavy atom. The number of pyridine rings is 1. The van der Waals surface area contributed by atoms with Gasteiger partial charge in [0.1, 0.15) is 16.5 Å². The van der Waals surface area contributed by atoms with Crippen molar-refractivity contribution in [1.29, 1.82) is 0 Å². The quantitative estimate of drug-likeness (QED) is 0.643. The van der Waals surface area contributed by atoms with Crippen molar-refractivity contribution in [2.24, 2.45) is 0 Å². The van der Waals surface area contributed by atoms with Gasteiger partial charge < -0.3 is 10.5 Å². The topological polar surface area (TPSA) is 94.3 Å². The van der Waals surface area contributed by atoms with Crippen molar-refractivity contribution in [3.63, 3.8) is 0 Å². The lowest BCUT2D eigenvalue weighted by atomic mass is 10.3. The molecule has 0 amide bonds. The first-order valence-electron chi connectivity index (χ1n) is 7.31. The number of hydrogen-bond acceptors (Lipinski definition) is 5. The van der Waals surface area contributed by atoms with E-state index < -0.39 is 10.0 Å². The average Bonchev–Trinajstić information content (AvgIpc) is 2.59. The van der Waals surface area contributed by atoms with E-state index in [1.54, 1.807) is 36.4 Å². The number of halogens is 2. The van der Waals surface area contributed by atoms with E-state index in [-0.39, 0.29) is 22.2 Å². The molecule has 0 unspecified atom stereocenters. The first-order valence-corrected chi connectivity index (χ1v) is 9.55. The number of benzene rings is 2. The van der Waals surface area contributed by atoms with Crippen molar-refractivity contribution < 1.29 is 13.2 Å². The second-order valence-corrected chi connectivity index (χ2v) is 7.72. The fourth-order valence-electron chi connectivity index (χ4n) is 2.07. The third kappa shape index (κ3) is 4.19. The molecule has 1 aromatic heterocycles. The minimum absolute atomic E-state index is 0.0222. The van der Waals surface area contributed by atoms with Crippen LogP contribution in [-0.4, -0.2) is 13.4 Å². The summed E-state index contributed by atoms with van der Waals surface area (Å²) in [6, 6.07) is 14.1. The molecule has 0 radical (unpaired) electrons. The summed E-state index contributed by atoms with van der Waals surface area (Å²) in [6.07, 6.45) is 1.18. The van der Waals surface area contributed by atoms with Crippen LogP contribution in [-0.2, 0) is 10.0 Å². The van der Waals surface area contributed by atoms with Crippen LogP contribution in [0.3, 0.4) is 0 Å². The molecule has 26 heavy (non-hydrogen) atoms. The van der Waals surface area contributed by atoms with Gasteiger partial charge in [0.2, 0.25) is 0 Å². The normalized spacial score (nSPS) is 11.2. The lowest BCUT2D eigenvalue weighted by molar-refractivity contribution is 0.485. The third-order valence-corrected chi connectivity index (χ3v) is 5.20. The van der Waals surface area contributed by atoms with E-state index in [4.69, 9.17) is 33.7 Å². The lowest BCUT2D eigenvalue weighted by Crippen LogP contribution is -2.14. The standard InChI is InChI=1S/C17H13Cl2N3O3S/c18-11-5-7-15(13(19)9-11)25-16-4-2-1-3-14(16)22-26(23,24)12-6-8-17(20)21-10-12/h1-10,22H,(H2,20,21). The molecule has 0 bridgehead atoms. The summed E-state index contributed by atoms with van der Waals surface area (Å²) in [4.78, 5) is 3.77. The number of aromatic nitrogens is 1. The molecule has 0 fully saturated rings. The van der Waals surface area contributed by atoms with Gasteiger partial charge >= 0.3 is 0 Å². The van der Waals surface area contributed by atoms with Crippen LogP contribution in [0.5, 0.6) is 11.5 Å². The van der Waals surface area contributed by atoms with Crippen LogP contribution < -0.4 is 15.2 Å². The van der Waals surface area contributed by atoms with Gasteiger partial charge in [-0.2, -0.15) is 0 Å². The maximum atomic E-state index is 12.5. The Hall–Kier alpha value is -2.48. The Kier molecular flexibility index (Phi) is 5.22. The Balaban J connectivity index is 1.91. The molecule has 3 rings (SSSR count). The number of nitrogens with one attached hydrogen (secondary N) is 1.